The average molecular weight is 365 g/mol. The fourth-order valence-electron chi connectivity index (χ4n) is 3.74. The summed E-state index contributed by atoms with van der Waals surface area (Å²) in [5, 5.41) is 5.65. The molecule has 0 spiro atoms. The molecule has 0 unspecified atom stereocenters. The van der Waals surface area contributed by atoms with E-state index in [1.54, 1.807) is 0 Å². The first-order valence-electron chi connectivity index (χ1n) is 9.41. The fraction of sp³-hybridized carbons (Fsp3) is 0.364. The second-order valence-corrected chi connectivity index (χ2v) is 7.25. The Morgan fingerprint density at radius 3 is 2.48 bits per heavy atom. The maximum atomic E-state index is 12.3. The maximum Gasteiger partial charge on any atom is 0.243 e. The molecule has 2 amide bonds. The summed E-state index contributed by atoms with van der Waals surface area (Å²) in [5.74, 6) is -0.350. The average Bonchev–Trinajstić information content (AvgIpc) is 2.63. The van der Waals surface area contributed by atoms with Crippen LogP contribution < -0.4 is 15.5 Å². The molecule has 0 saturated carbocycles. The van der Waals surface area contributed by atoms with Gasteiger partial charge >= 0.3 is 0 Å². The number of fused-ring (bicyclic) bond motifs is 1. The van der Waals surface area contributed by atoms with Gasteiger partial charge in [-0.05, 0) is 56.4 Å². The van der Waals surface area contributed by atoms with E-state index in [0.717, 1.165) is 47.5 Å². The number of hydrogen-bond donors (Lipinski definition) is 2. The van der Waals surface area contributed by atoms with Gasteiger partial charge in [-0.2, -0.15) is 0 Å². The van der Waals surface area contributed by atoms with Crippen LogP contribution in [0.3, 0.4) is 0 Å². The zero-order valence-corrected chi connectivity index (χ0v) is 16.3. The molecule has 5 heteroatoms. The first-order valence-corrected chi connectivity index (χ1v) is 9.41. The van der Waals surface area contributed by atoms with Gasteiger partial charge in [0.05, 0.1) is 13.1 Å². The number of carbonyl (C=O) groups is 2. The third-order valence-electron chi connectivity index (χ3n) is 4.93. The summed E-state index contributed by atoms with van der Waals surface area (Å²) in [7, 11) is 0. The molecule has 27 heavy (non-hydrogen) atoms. The molecule has 1 aliphatic heterocycles. The van der Waals surface area contributed by atoms with Crippen LogP contribution in [0.4, 0.5) is 11.4 Å². The summed E-state index contributed by atoms with van der Waals surface area (Å²) >= 11 is 0. The largest absolute Gasteiger partial charge is 0.362 e. The lowest BCUT2D eigenvalue weighted by molar-refractivity contribution is -0.123. The van der Waals surface area contributed by atoms with Crippen molar-refractivity contribution >= 4 is 23.2 Å². The fourth-order valence-corrected chi connectivity index (χ4v) is 3.74. The summed E-state index contributed by atoms with van der Waals surface area (Å²) in [6.45, 7) is 7.08. The van der Waals surface area contributed by atoms with Gasteiger partial charge in [-0.25, -0.2) is 0 Å². The van der Waals surface area contributed by atoms with Gasteiger partial charge in [0.2, 0.25) is 11.8 Å². The summed E-state index contributed by atoms with van der Waals surface area (Å²) in [5.41, 5.74) is 6.44. The predicted octanol–water partition coefficient (Wildman–Crippen LogP) is 3.12. The number of nitrogens with one attached hydrogen (secondary N) is 2. The highest BCUT2D eigenvalue weighted by molar-refractivity contribution is 5.96. The smallest absolute Gasteiger partial charge is 0.243 e. The van der Waals surface area contributed by atoms with Crippen molar-refractivity contribution in [3.63, 3.8) is 0 Å². The van der Waals surface area contributed by atoms with Gasteiger partial charge in [-0.3, -0.25) is 9.59 Å². The van der Waals surface area contributed by atoms with Gasteiger partial charge in [-0.1, -0.05) is 35.9 Å². The number of para-hydroxylation sites is 1. The molecule has 3 rings (SSSR count). The molecule has 5 nitrogen and oxygen atoms in total. The van der Waals surface area contributed by atoms with Crippen molar-refractivity contribution in [2.24, 2.45) is 0 Å². The number of anilines is 2. The van der Waals surface area contributed by atoms with E-state index in [1.165, 1.54) is 5.56 Å². The zero-order valence-electron chi connectivity index (χ0n) is 16.3. The van der Waals surface area contributed by atoms with E-state index in [0.29, 0.717) is 0 Å². The number of carbonyl (C=O) groups excluding carboxylic acids is 2. The second kappa shape index (κ2) is 8.25. The molecule has 0 radical (unpaired) electrons. The third kappa shape index (κ3) is 4.67. The molecule has 0 aliphatic carbocycles. The topological polar surface area (TPSA) is 61.4 Å². The molecule has 2 aromatic carbocycles. The van der Waals surface area contributed by atoms with E-state index in [1.807, 2.05) is 45.0 Å². The van der Waals surface area contributed by atoms with Crippen LogP contribution in [0, 0.1) is 20.8 Å². The Balaban J connectivity index is 1.53. The molecule has 0 atom stereocenters. The summed E-state index contributed by atoms with van der Waals surface area (Å²) in [6, 6.07) is 12.3. The van der Waals surface area contributed by atoms with Gasteiger partial charge in [-0.15, -0.1) is 0 Å². The van der Waals surface area contributed by atoms with Crippen molar-refractivity contribution in [2.45, 2.75) is 33.6 Å². The Morgan fingerprint density at radius 2 is 1.74 bits per heavy atom. The summed E-state index contributed by atoms with van der Waals surface area (Å²) in [6.07, 6.45) is 2.09. The van der Waals surface area contributed by atoms with Crippen LogP contribution in [-0.2, 0) is 16.0 Å². The highest BCUT2D eigenvalue weighted by Gasteiger charge is 2.19. The minimum Gasteiger partial charge on any atom is -0.362 e. The normalized spacial score (nSPS) is 13.1. The number of nitrogens with zero attached hydrogens (tertiary/aromatic N) is 1. The lowest BCUT2D eigenvalue weighted by Crippen LogP contribution is -2.42. The van der Waals surface area contributed by atoms with Crippen LogP contribution in [0.2, 0.25) is 0 Å². The van der Waals surface area contributed by atoms with Crippen LogP contribution in [0.15, 0.2) is 36.4 Å². The molecular formula is C22H27N3O2. The molecule has 2 aromatic rings. The highest BCUT2D eigenvalue weighted by Crippen LogP contribution is 2.26. The van der Waals surface area contributed by atoms with Crippen molar-refractivity contribution in [3.8, 4) is 0 Å². The Kier molecular flexibility index (Phi) is 5.79. The number of rotatable bonds is 5. The summed E-state index contributed by atoms with van der Waals surface area (Å²) in [4.78, 5) is 26.7. The Hall–Kier alpha value is -2.82. The lowest BCUT2D eigenvalue weighted by Gasteiger charge is -2.30. The van der Waals surface area contributed by atoms with Crippen LogP contribution in [0.1, 0.15) is 28.7 Å². The highest BCUT2D eigenvalue weighted by atomic mass is 16.2. The van der Waals surface area contributed by atoms with E-state index >= 15 is 0 Å². The van der Waals surface area contributed by atoms with Crippen molar-refractivity contribution in [1.29, 1.82) is 0 Å². The van der Waals surface area contributed by atoms with Crippen molar-refractivity contribution in [2.75, 3.05) is 29.9 Å². The van der Waals surface area contributed by atoms with E-state index in [-0.39, 0.29) is 24.9 Å². The van der Waals surface area contributed by atoms with E-state index in [4.69, 9.17) is 0 Å². The van der Waals surface area contributed by atoms with Gasteiger partial charge in [0.15, 0.2) is 0 Å². The van der Waals surface area contributed by atoms with Crippen LogP contribution in [-0.4, -0.2) is 31.4 Å². The number of hydrogen-bond acceptors (Lipinski definition) is 3. The van der Waals surface area contributed by atoms with Gasteiger partial charge in [0.25, 0.3) is 0 Å². The molecule has 0 bridgehead atoms. The Morgan fingerprint density at radius 1 is 1.04 bits per heavy atom. The van der Waals surface area contributed by atoms with Crippen molar-refractivity contribution < 1.29 is 9.59 Å². The Labute approximate surface area is 160 Å². The van der Waals surface area contributed by atoms with Crippen molar-refractivity contribution in [1.82, 2.24) is 5.32 Å². The molecule has 142 valence electrons. The minimum atomic E-state index is -0.211. The van der Waals surface area contributed by atoms with E-state index < -0.39 is 0 Å². The molecule has 1 aliphatic rings. The first-order chi connectivity index (χ1) is 12.9. The lowest BCUT2D eigenvalue weighted by atomic mass is 10.0. The quantitative estimate of drug-likeness (QED) is 0.856. The third-order valence-corrected chi connectivity index (χ3v) is 4.93. The summed E-state index contributed by atoms with van der Waals surface area (Å²) < 4.78 is 0. The number of amides is 2. The minimum absolute atomic E-state index is 0.0267. The predicted molar refractivity (Wildman–Crippen MR) is 109 cm³/mol. The molecule has 1 heterocycles. The molecule has 0 aromatic heterocycles. The monoisotopic (exact) mass is 365 g/mol. The van der Waals surface area contributed by atoms with Crippen LogP contribution in [0.25, 0.3) is 0 Å². The first kappa shape index (κ1) is 19.0. The van der Waals surface area contributed by atoms with Gasteiger partial charge in [0.1, 0.15) is 0 Å². The van der Waals surface area contributed by atoms with Crippen molar-refractivity contribution in [3.05, 3.63) is 58.7 Å². The zero-order chi connectivity index (χ0) is 19.4. The molecular weight excluding hydrogens is 338 g/mol. The Bertz CT molecular complexity index is 837. The van der Waals surface area contributed by atoms with Gasteiger partial charge < -0.3 is 15.5 Å². The van der Waals surface area contributed by atoms with E-state index in [2.05, 4.69) is 27.7 Å². The van der Waals surface area contributed by atoms with Crippen LogP contribution in [0.5, 0.6) is 0 Å². The van der Waals surface area contributed by atoms with E-state index in [9.17, 15) is 9.59 Å². The van der Waals surface area contributed by atoms with Crippen LogP contribution >= 0.6 is 0 Å². The SMILES string of the molecule is Cc1cc(C)c(NC(=O)CNC(=O)CN2CCCc3ccccc32)c(C)c1. The standard InChI is InChI=1S/C22H27N3O2/c1-15-11-16(2)22(17(3)12-15)24-20(26)13-23-21(27)14-25-10-6-8-18-7-4-5-9-19(18)25/h4-5,7,9,11-12H,6,8,10,13-14H2,1-3H3,(H,23,27)(H,24,26). The molecule has 2 N–H and O–H groups in total. The number of aryl methyl sites for hydroxylation is 4. The van der Waals surface area contributed by atoms with Gasteiger partial charge in [0, 0.05) is 17.9 Å². The maximum absolute atomic E-state index is 12.3. The molecule has 0 fully saturated rings. The number of benzene rings is 2. The second-order valence-electron chi connectivity index (χ2n) is 7.25. The molecule has 0 saturated heterocycles.